The fourth-order valence-electron chi connectivity index (χ4n) is 3.02. The molecule has 0 saturated carbocycles. The van der Waals surface area contributed by atoms with Crippen LogP contribution in [0.4, 0.5) is 0 Å². The lowest BCUT2D eigenvalue weighted by molar-refractivity contribution is 0.0349. The second-order valence-corrected chi connectivity index (χ2v) is 7.09. The summed E-state index contributed by atoms with van der Waals surface area (Å²) in [6.07, 6.45) is 3.27. The molecule has 2 heterocycles. The normalized spacial score (nSPS) is 15.2. The van der Waals surface area contributed by atoms with Gasteiger partial charge in [0.25, 0.3) is 5.91 Å². The van der Waals surface area contributed by atoms with Crippen molar-refractivity contribution in [2.75, 3.05) is 20.2 Å². The van der Waals surface area contributed by atoms with Crippen LogP contribution < -0.4 is 0 Å². The number of furan rings is 1. The zero-order valence-electron chi connectivity index (χ0n) is 14.5. The highest BCUT2D eigenvalue weighted by molar-refractivity contribution is 7.98. The van der Waals surface area contributed by atoms with Gasteiger partial charge in [0.2, 0.25) is 0 Å². The highest BCUT2D eigenvalue weighted by Crippen LogP contribution is 2.29. The summed E-state index contributed by atoms with van der Waals surface area (Å²) in [4.78, 5) is 26.8. The van der Waals surface area contributed by atoms with Crippen molar-refractivity contribution in [3.8, 4) is 0 Å². The maximum atomic E-state index is 12.9. The summed E-state index contributed by atoms with van der Waals surface area (Å²) < 4.78 is 10.6. The Labute approximate surface area is 156 Å². The number of likely N-dealkylation sites (tertiary alicyclic amines) is 1. The fraction of sp³-hybridized carbons (Fsp3) is 0.368. The first kappa shape index (κ1) is 18.5. The predicted octanol–water partition coefficient (Wildman–Crippen LogP) is 3.52. The standard InChI is InChI=1S/C19H21NO5S/c1-24-13-6-9-20(10-7-13)18(21)15-4-2-3-5-17(15)26-12-16-14(19(22)23)8-11-25-16/h2-5,8,11,13H,6-7,9-10,12H2,1H3,(H,22,23). The molecular weight excluding hydrogens is 354 g/mol. The van der Waals surface area contributed by atoms with Crippen molar-refractivity contribution < 1.29 is 23.8 Å². The van der Waals surface area contributed by atoms with Crippen LogP contribution in [0.25, 0.3) is 0 Å². The molecule has 1 fully saturated rings. The molecule has 7 heteroatoms. The van der Waals surface area contributed by atoms with E-state index in [1.54, 1.807) is 7.11 Å². The van der Waals surface area contributed by atoms with Crippen LogP contribution in [0.2, 0.25) is 0 Å². The SMILES string of the molecule is COC1CCN(C(=O)c2ccccc2SCc2occc2C(=O)O)CC1. The molecule has 0 atom stereocenters. The Balaban J connectivity index is 1.71. The molecule has 1 aromatic heterocycles. The molecule has 6 nitrogen and oxygen atoms in total. The smallest absolute Gasteiger partial charge is 0.339 e. The van der Waals surface area contributed by atoms with Gasteiger partial charge in [-0.2, -0.15) is 0 Å². The average molecular weight is 375 g/mol. The summed E-state index contributed by atoms with van der Waals surface area (Å²) >= 11 is 1.40. The maximum absolute atomic E-state index is 12.9. The number of hydrogen-bond donors (Lipinski definition) is 1. The van der Waals surface area contributed by atoms with Crippen molar-refractivity contribution in [3.05, 3.63) is 53.5 Å². The van der Waals surface area contributed by atoms with Crippen molar-refractivity contribution in [1.82, 2.24) is 4.90 Å². The number of piperidine rings is 1. The summed E-state index contributed by atoms with van der Waals surface area (Å²) in [7, 11) is 1.70. The fourth-order valence-corrected chi connectivity index (χ4v) is 4.02. The zero-order valence-corrected chi connectivity index (χ0v) is 15.3. The van der Waals surface area contributed by atoms with E-state index < -0.39 is 5.97 Å². The third-order valence-electron chi connectivity index (χ3n) is 4.51. The molecular formula is C19H21NO5S. The van der Waals surface area contributed by atoms with Gasteiger partial charge in [-0.15, -0.1) is 11.8 Å². The summed E-state index contributed by atoms with van der Waals surface area (Å²) in [6, 6.07) is 8.84. The van der Waals surface area contributed by atoms with Crippen LogP contribution in [-0.2, 0) is 10.5 Å². The van der Waals surface area contributed by atoms with Crippen LogP contribution in [-0.4, -0.2) is 48.2 Å². The van der Waals surface area contributed by atoms with Gasteiger partial charge < -0.3 is 19.2 Å². The van der Waals surface area contributed by atoms with Gasteiger partial charge in [0.15, 0.2) is 0 Å². The minimum Gasteiger partial charge on any atom is -0.478 e. The molecule has 1 N–H and O–H groups in total. The van der Waals surface area contributed by atoms with Gasteiger partial charge in [0.05, 0.1) is 23.7 Å². The number of carbonyl (C=O) groups is 2. The van der Waals surface area contributed by atoms with Crippen molar-refractivity contribution >= 4 is 23.6 Å². The molecule has 138 valence electrons. The number of carboxylic acids is 1. The van der Waals surface area contributed by atoms with Gasteiger partial charge in [0.1, 0.15) is 11.3 Å². The minimum atomic E-state index is -1.01. The molecule has 26 heavy (non-hydrogen) atoms. The number of nitrogens with zero attached hydrogens (tertiary/aromatic N) is 1. The monoisotopic (exact) mass is 375 g/mol. The molecule has 1 saturated heterocycles. The van der Waals surface area contributed by atoms with Crippen LogP contribution in [0.3, 0.4) is 0 Å². The van der Waals surface area contributed by atoms with Crippen LogP contribution in [0.1, 0.15) is 39.3 Å². The zero-order chi connectivity index (χ0) is 18.5. The number of carboxylic acid groups (broad SMARTS) is 1. The molecule has 1 aromatic carbocycles. The Morgan fingerprint density at radius 2 is 1.96 bits per heavy atom. The van der Waals surface area contributed by atoms with Crippen molar-refractivity contribution in [1.29, 1.82) is 0 Å². The number of methoxy groups -OCH3 is 1. The molecule has 0 unspecified atom stereocenters. The second kappa shape index (κ2) is 8.42. The van der Waals surface area contributed by atoms with E-state index in [-0.39, 0.29) is 17.6 Å². The number of amides is 1. The van der Waals surface area contributed by atoms with E-state index >= 15 is 0 Å². The number of rotatable bonds is 6. The highest BCUT2D eigenvalue weighted by Gasteiger charge is 2.25. The van der Waals surface area contributed by atoms with E-state index in [2.05, 4.69) is 0 Å². The first-order valence-electron chi connectivity index (χ1n) is 8.43. The molecule has 1 aliphatic heterocycles. The number of aromatic carboxylic acids is 1. The van der Waals surface area contributed by atoms with Gasteiger partial charge in [-0.25, -0.2) is 4.79 Å². The molecule has 0 radical (unpaired) electrons. The third-order valence-corrected chi connectivity index (χ3v) is 5.59. The van der Waals surface area contributed by atoms with Crippen molar-refractivity contribution in [2.24, 2.45) is 0 Å². The van der Waals surface area contributed by atoms with E-state index in [9.17, 15) is 9.59 Å². The molecule has 1 amide bonds. The van der Waals surface area contributed by atoms with E-state index in [4.69, 9.17) is 14.3 Å². The van der Waals surface area contributed by atoms with E-state index in [1.165, 1.54) is 24.1 Å². The van der Waals surface area contributed by atoms with Crippen molar-refractivity contribution in [3.63, 3.8) is 0 Å². The van der Waals surface area contributed by atoms with Crippen LogP contribution in [0.5, 0.6) is 0 Å². The van der Waals surface area contributed by atoms with E-state index in [0.29, 0.717) is 30.2 Å². The van der Waals surface area contributed by atoms with Gasteiger partial charge in [-0.05, 0) is 31.0 Å². The average Bonchev–Trinajstić information content (AvgIpc) is 3.15. The molecule has 1 aliphatic rings. The largest absolute Gasteiger partial charge is 0.478 e. The van der Waals surface area contributed by atoms with Crippen LogP contribution >= 0.6 is 11.8 Å². The van der Waals surface area contributed by atoms with Crippen LogP contribution in [0, 0.1) is 0 Å². The van der Waals surface area contributed by atoms with Gasteiger partial charge >= 0.3 is 5.97 Å². The summed E-state index contributed by atoms with van der Waals surface area (Å²) in [5, 5.41) is 9.17. The van der Waals surface area contributed by atoms with E-state index in [0.717, 1.165) is 17.7 Å². The van der Waals surface area contributed by atoms with Gasteiger partial charge in [-0.1, -0.05) is 12.1 Å². The predicted molar refractivity (Wildman–Crippen MR) is 97.6 cm³/mol. The van der Waals surface area contributed by atoms with Gasteiger partial charge in [-0.3, -0.25) is 4.79 Å². The molecule has 2 aromatic rings. The summed E-state index contributed by atoms with van der Waals surface area (Å²) in [5.74, 6) is -0.268. The first-order valence-corrected chi connectivity index (χ1v) is 9.42. The lowest BCUT2D eigenvalue weighted by Crippen LogP contribution is -2.40. The lowest BCUT2D eigenvalue weighted by atomic mass is 10.1. The summed E-state index contributed by atoms with van der Waals surface area (Å²) in [6.45, 7) is 1.36. The minimum absolute atomic E-state index is 0.000515. The Morgan fingerprint density at radius 3 is 2.65 bits per heavy atom. The number of ether oxygens (including phenoxy) is 1. The number of benzene rings is 1. The van der Waals surface area contributed by atoms with Crippen LogP contribution in [0.15, 0.2) is 45.9 Å². The summed E-state index contributed by atoms with van der Waals surface area (Å²) in [5.41, 5.74) is 0.791. The Hall–Kier alpha value is -2.25. The molecule has 0 aliphatic carbocycles. The first-order chi connectivity index (χ1) is 12.6. The Kier molecular flexibility index (Phi) is 6.00. The molecule has 0 spiro atoms. The molecule has 3 rings (SSSR count). The van der Waals surface area contributed by atoms with Gasteiger partial charge in [0, 0.05) is 25.1 Å². The van der Waals surface area contributed by atoms with Crippen molar-refractivity contribution in [2.45, 2.75) is 29.6 Å². The Bertz CT molecular complexity index is 780. The maximum Gasteiger partial charge on any atom is 0.339 e. The lowest BCUT2D eigenvalue weighted by Gasteiger charge is -2.31. The number of thioether (sulfide) groups is 1. The molecule has 0 bridgehead atoms. The number of hydrogen-bond acceptors (Lipinski definition) is 5. The topological polar surface area (TPSA) is 80.0 Å². The third kappa shape index (κ3) is 4.11. The Morgan fingerprint density at radius 1 is 1.23 bits per heavy atom. The highest BCUT2D eigenvalue weighted by atomic mass is 32.2. The second-order valence-electron chi connectivity index (χ2n) is 6.07. The quantitative estimate of drug-likeness (QED) is 0.778. The van der Waals surface area contributed by atoms with E-state index in [1.807, 2.05) is 29.2 Å². The number of carbonyl (C=O) groups excluding carboxylic acids is 1.